The second-order valence-corrected chi connectivity index (χ2v) is 6.69. The van der Waals surface area contributed by atoms with Crippen LogP contribution in [-0.4, -0.2) is 76.5 Å². The Kier molecular flexibility index (Phi) is 8.64. The van der Waals surface area contributed by atoms with Gasteiger partial charge >= 0.3 is 0 Å². The van der Waals surface area contributed by atoms with E-state index in [1.807, 2.05) is 44.2 Å². The molecule has 0 aromatic carbocycles. The van der Waals surface area contributed by atoms with Crippen LogP contribution in [0.2, 0.25) is 0 Å². The number of likely N-dealkylation sites (tertiary alicyclic amines) is 1. The first-order valence-corrected chi connectivity index (χ1v) is 9.33. The van der Waals surface area contributed by atoms with E-state index in [4.69, 9.17) is 9.47 Å². The number of rotatable bonds is 8. The first-order chi connectivity index (χ1) is 12.6. The minimum Gasteiger partial charge on any atom is -0.385 e. The minimum absolute atomic E-state index is 0.347. The Morgan fingerprint density at radius 3 is 2.73 bits per heavy atom. The van der Waals surface area contributed by atoms with Gasteiger partial charge in [0.1, 0.15) is 5.82 Å². The third-order valence-electron chi connectivity index (χ3n) is 4.48. The molecule has 0 spiro atoms. The summed E-state index contributed by atoms with van der Waals surface area (Å²) < 4.78 is 11.0. The van der Waals surface area contributed by atoms with Gasteiger partial charge in [0.05, 0.1) is 18.3 Å². The molecule has 2 rings (SSSR count). The SMILES string of the molecule is CN=C(NCc1cccc(N(C)C)n1)N1CCC(OCCCOC)CC1. The monoisotopic (exact) mass is 363 g/mol. The van der Waals surface area contributed by atoms with Gasteiger partial charge in [0.15, 0.2) is 5.96 Å². The van der Waals surface area contributed by atoms with Crippen molar-refractivity contribution in [2.45, 2.75) is 31.9 Å². The molecule has 2 heterocycles. The fourth-order valence-corrected chi connectivity index (χ4v) is 3.00. The topological polar surface area (TPSA) is 62.2 Å². The average molecular weight is 364 g/mol. The largest absolute Gasteiger partial charge is 0.385 e. The molecule has 7 heteroatoms. The molecule has 0 atom stereocenters. The van der Waals surface area contributed by atoms with Gasteiger partial charge < -0.3 is 24.6 Å². The zero-order valence-electron chi connectivity index (χ0n) is 16.6. The van der Waals surface area contributed by atoms with Crippen LogP contribution in [0.4, 0.5) is 5.82 Å². The molecule has 1 aromatic heterocycles. The zero-order chi connectivity index (χ0) is 18.8. The fraction of sp³-hybridized carbons (Fsp3) is 0.684. The number of nitrogens with zero attached hydrogens (tertiary/aromatic N) is 4. The minimum atomic E-state index is 0.347. The van der Waals surface area contributed by atoms with Crippen LogP contribution in [0.3, 0.4) is 0 Å². The van der Waals surface area contributed by atoms with Gasteiger partial charge in [-0.25, -0.2) is 4.98 Å². The summed E-state index contributed by atoms with van der Waals surface area (Å²) in [5, 5.41) is 3.43. The number of hydrogen-bond donors (Lipinski definition) is 1. The maximum atomic E-state index is 5.93. The highest BCUT2D eigenvalue weighted by Gasteiger charge is 2.21. The number of nitrogens with one attached hydrogen (secondary N) is 1. The van der Waals surface area contributed by atoms with Crippen molar-refractivity contribution in [1.29, 1.82) is 0 Å². The molecular weight excluding hydrogens is 330 g/mol. The number of methoxy groups -OCH3 is 1. The third kappa shape index (κ3) is 6.46. The van der Waals surface area contributed by atoms with Gasteiger partial charge in [0.25, 0.3) is 0 Å². The third-order valence-corrected chi connectivity index (χ3v) is 4.48. The van der Waals surface area contributed by atoms with E-state index < -0.39 is 0 Å². The molecule has 0 unspecified atom stereocenters. The van der Waals surface area contributed by atoms with Crippen molar-refractivity contribution in [3.63, 3.8) is 0 Å². The van der Waals surface area contributed by atoms with Gasteiger partial charge in [-0.3, -0.25) is 4.99 Å². The number of guanidine groups is 1. The number of pyridine rings is 1. The molecule has 1 aromatic rings. The quantitative estimate of drug-likeness (QED) is 0.431. The lowest BCUT2D eigenvalue weighted by Crippen LogP contribution is -2.46. The van der Waals surface area contributed by atoms with Gasteiger partial charge in [-0.15, -0.1) is 0 Å². The van der Waals surface area contributed by atoms with Crippen LogP contribution >= 0.6 is 0 Å². The van der Waals surface area contributed by atoms with Crippen molar-refractivity contribution >= 4 is 11.8 Å². The van der Waals surface area contributed by atoms with E-state index >= 15 is 0 Å². The number of anilines is 1. The van der Waals surface area contributed by atoms with E-state index in [1.54, 1.807) is 7.11 Å². The summed E-state index contributed by atoms with van der Waals surface area (Å²) in [5.74, 6) is 1.89. The Balaban J connectivity index is 1.77. The van der Waals surface area contributed by atoms with E-state index in [9.17, 15) is 0 Å². The van der Waals surface area contributed by atoms with Crippen LogP contribution < -0.4 is 10.2 Å². The Hall–Kier alpha value is -1.86. The Morgan fingerprint density at radius 2 is 2.08 bits per heavy atom. The smallest absolute Gasteiger partial charge is 0.193 e. The lowest BCUT2D eigenvalue weighted by Gasteiger charge is -2.34. The molecule has 0 aliphatic carbocycles. The zero-order valence-corrected chi connectivity index (χ0v) is 16.6. The van der Waals surface area contributed by atoms with Crippen molar-refractivity contribution in [2.24, 2.45) is 4.99 Å². The second kappa shape index (κ2) is 11.0. The van der Waals surface area contributed by atoms with Crippen LogP contribution in [0.15, 0.2) is 23.2 Å². The van der Waals surface area contributed by atoms with Crippen molar-refractivity contribution < 1.29 is 9.47 Å². The van der Waals surface area contributed by atoms with E-state index in [-0.39, 0.29) is 0 Å². The maximum Gasteiger partial charge on any atom is 0.193 e. The van der Waals surface area contributed by atoms with Crippen LogP contribution in [0.5, 0.6) is 0 Å². The van der Waals surface area contributed by atoms with Gasteiger partial charge in [-0.1, -0.05) is 6.07 Å². The highest BCUT2D eigenvalue weighted by atomic mass is 16.5. The standard InChI is InChI=1S/C19H33N5O2/c1-20-19(21-15-16-7-5-8-18(22-16)23(2)3)24-11-9-17(10-12-24)26-14-6-13-25-4/h5,7-8,17H,6,9-15H2,1-4H3,(H,20,21). The molecule has 1 saturated heterocycles. The van der Waals surface area contributed by atoms with Crippen molar-refractivity contribution in [3.05, 3.63) is 23.9 Å². The fourth-order valence-electron chi connectivity index (χ4n) is 3.00. The predicted octanol–water partition coefficient (Wildman–Crippen LogP) is 1.74. The molecular formula is C19H33N5O2. The summed E-state index contributed by atoms with van der Waals surface area (Å²) in [6, 6.07) is 6.08. The maximum absolute atomic E-state index is 5.93. The number of aliphatic imine (C=N–C) groups is 1. The molecule has 1 aliphatic rings. The highest BCUT2D eigenvalue weighted by Crippen LogP contribution is 2.14. The normalized spacial score (nSPS) is 16.0. The summed E-state index contributed by atoms with van der Waals surface area (Å²) in [6.45, 7) is 4.12. The lowest BCUT2D eigenvalue weighted by molar-refractivity contribution is 0.00989. The molecule has 1 fully saturated rings. The van der Waals surface area contributed by atoms with Crippen molar-refractivity contribution in [1.82, 2.24) is 15.2 Å². The van der Waals surface area contributed by atoms with Gasteiger partial charge in [0.2, 0.25) is 0 Å². The van der Waals surface area contributed by atoms with Crippen LogP contribution in [0.25, 0.3) is 0 Å². The van der Waals surface area contributed by atoms with E-state index in [1.165, 1.54) is 0 Å². The first-order valence-electron chi connectivity index (χ1n) is 9.33. The first kappa shape index (κ1) is 20.5. The molecule has 0 saturated carbocycles. The van der Waals surface area contributed by atoms with Gasteiger partial charge in [-0.2, -0.15) is 0 Å². The molecule has 7 nitrogen and oxygen atoms in total. The molecule has 0 radical (unpaired) electrons. The molecule has 0 amide bonds. The molecule has 0 bridgehead atoms. The summed E-state index contributed by atoms with van der Waals surface area (Å²) in [5.41, 5.74) is 1.01. The predicted molar refractivity (Wildman–Crippen MR) is 106 cm³/mol. The van der Waals surface area contributed by atoms with E-state index in [2.05, 4.69) is 20.2 Å². The van der Waals surface area contributed by atoms with Crippen LogP contribution in [0.1, 0.15) is 25.0 Å². The average Bonchev–Trinajstić information content (AvgIpc) is 2.67. The van der Waals surface area contributed by atoms with E-state index in [0.29, 0.717) is 12.6 Å². The Bertz CT molecular complexity index is 557. The highest BCUT2D eigenvalue weighted by molar-refractivity contribution is 5.79. The summed E-state index contributed by atoms with van der Waals surface area (Å²) in [4.78, 5) is 13.4. The van der Waals surface area contributed by atoms with Crippen molar-refractivity contribution in [3.8, 4) is 0 Å². The summed E-state index contributed by atoms with van der Waals surface area (Å²) >= 11 is 0. The number of ether oxygens (including phenoxy) is 2. The molecule has 1 aliphatic heterocycles. The van der Waals surface area contributed by atoms with Crippen molar-refractivity contribution in [2.75, 3.05) is 59.5 Å². The van der Waals surface area contributed by atoms with Crippen LogP contribution in [-0.2, 0) is 16.0 Å². The van der Waals surface area contributed by atoms with Crippen LogP contribution in [0, 0.1) is 0 Å². The number of aromatic nitrogens is 1. The van der Waals surface area contributed by atoms with E-state index in [0.717, 1.165) is 63.0 Å². The lowest BCUT2D eigenvalue weighted by atomic mass is 10.1. The number of hydrogen-bond acceptors (Lipinski definition) is 5. The van der Waals surface area contributed by atoms with Gasteiger partial charge in [0, 0.05) is 54.6 Å². The second-order valence-electron chi connectivity index (χ2n) is 6.69. The Labute approximate surface area is 157 Å². The molecule has 1 N–H and O–H groups in total. The van der Waals surface area contributed by atoms with Gasteiger partial charge in [-0.05, 0) is 31.4 Å². The number of piperidine rings is 1. The molecule has 146 valence electrons. The molecule has 26 heavy (non-hydrogen) atoms. The Morgan fingerprint density at radius 1 is 1.31 bits per heavy atom. The summed E-state index contributed by atoms with van der Waals surface area (Å²) in [7, 11) is 7.56. The summed E-state index contributed by atoms with van der Waals surface area (Å²) in [6.07, 6.45) is 3.36.